The molecule has 0 atom stereocenters. The lowest BCUT2D eigenvalue weighted by Crippen LogP contribution is -2.38. The minimum atomic E-state index is -4.21. The van der Waals surface area contributed by atoms with E-state index >= 15 is 0 Å². The van der Waals surface area contributed by atoms with Crippen LogP contribution < -0.4 is 9.47 Å². The van der Waals surface area contributed by atoms with Crippen molar-refractivity contribution in [2.45, 2.75) is 18.4 Å². The summed E-state index contributed by atoms with van der Waals surface area (Å²) in [7, 11) is -1.19. The van der Waals surface area contributed by atoms with Gasteiger partial charge in [0, 0.05) is 49.4 Å². The largest absolute Gasteiger partial charge is 0.491 e. The van der Waals surface area contributed by atoms with Crippen molar-refractivity contribution in [3.8, 4) is 22.9 Å². The number of nitrogens with zero attached hydrogens (tertiary/aromatic N) is 5. The number of aryl methyl sites for hydroxylation is 1. The molecule has 0 N–H and O–H groups in total. The smallest absolute Gasteiger partial charge is 0.269 e. The van der Waals surface area contributed by atoms with Gasteiger partial charge in [-0.2, -0.15) is 0 Å². The highest BCUT2D eigenvalue weighted by molar-refractivity contribution is 7.90. The molecule has 0 aliphatic carbocycles. The highest BCUT2D eigenvalue weighted by Crippen LogP contribution is 2.40. The van der Waals surface area contributed by atoms with Gasteiger partial charge in [0.05, 0.1) is 54.8 Å². The summed E-state index contributed by atoms with van der Waals surface area (Å²) in [4.78, 5) is 11.3. The molecule has 0 unspecified atom stereocenters. The zero-order valence-corrected chi connectivity index (χ0v) is 24.9. The van der Waals surface area contributed by atoms with E-state index in [0.717, 1.165) is 35.4 Å². The monoisotopic (exact) mass is 613 g/mol. The molecule has 0 bridgehead atoms. The average Bonchev–Trinajstić information content (AvgIpc) is 3.57. The molecular formula is C29H29ClFN5O5S. The van der Waals surface area contributed by atoms with Gasteiger partial charge < -0.3 is 18.8 Å². The van der Waals surface area contributed by atoms with Crippen LogP contribution in [0.3, 0.4) is 0 Å². The second-order valence-corrected chi connectivity index (χ2v) is 12.2. The van der Waals surface area contributed by atoms with Crippen LogP contribution in [0.15, 0.2) is 53.7 Å². The van der Waals surface area contributed by atoms with Gasteiger partial charge >= 0.3 is 0 Å². The normalized spacial score (nSPS) is 14.6. The standard InChI is InChI=1S/C29H29ClFN5O5S/c1-18-4-6-19(7-5-18)42(37,38)36-23(14-20-26(30)22(31)16-32-28(20)36)21-17-35(9-8-34-10-12-41-13-11-34)24-15-25(39-2)29(40-3)33-27(21)24/h4-7,14-17H,8-13H2,1-3H3. The molecule has 5 heterocycles. The number of aromatic nitrogens is 4. The van der Waals surface area contributed by atoms with Crippen molar-refractivity contribution in [1.82, 2.24) is 23.4 Å². The fraction of sp³-hybridized carbons (Fsp3) is 0.310. The minimum absolute atomic E-state index is 0.00617. The summed E-state index contributed by atoms with van der Waals surface area (Å²) in [5.74, 6) is -0.0802. The number of hydrogen-bond donors (Lipinski definition) is 0. The maximum absolute atomic E-state index is 14.6. The number of halogens is 2. The number of rotatable bonds is 8. The first-order valence-electron chi connectivity index (χ1n) is 13.3. The molecule has 1 fully saturated rings. The zero-order valence-electron chi connectivity index (χ0n) is 23.3. The van der Waals surface area contributed by atoms with Crippen LogP contribution in [-0.2, 0) is 21.3 Å². The molecule has 220 valence electrons. The van der Waals surface area contributed by atoms with E-state index in [1.54, 1.807) is 18.2 Å². The van der Waals surface area contributed by atoms with E-state index in [0.29, 0.717) is 42.1 Å². The van der Waals surface area contributed by atoms with Crippen LogP contribution in [0, 0.1) is 12.7 Å². The molecule has 1 aliphatic rings. The van der Waals surface area contributed by atoms with Crippen molar-refractivity contribution < 1.29 is 27.0 Å². The summed E-state index contributed by atoms with van der Waals surface area (Å²) in [5, 5.41) is -0.0561. The Bertz CT molecular complexity index is 1900. The third-order valence-corrected chi connectivity index (χ3v) is 9.58. The fourth-order valence-corrected chi connectivity index (χ4v) is 6.89. The molecule has 13 heteroatoms. The van der Waals surface area contributed by atoms with Crippen LogP contribution in [0.1, 0.15) is 5.56 Å². The summed E-state index contributed by atoms with van der Waals surface area (Å²) < 4.78 is 62.6. The van der Waals surface area contributed by atoms with Crippen LogP contribution in [0.4, 0.5) is 4.39 Å². The fourth-order valence-electron chi connectivity index (χ4n) is 5.23. The van der Waals surface area contributed by atoms with Gasteiger partial charge in [-0.3, -0.25) is 4.90 Å². The first-order chi connectivity index (χ1) is 20.2. The minimum Gasteiger partial charge on any atom is -0.491 e. The molecule has 0 spiro atoms. The van der Waals surface area contributed by atoms with E-state index in [2.05, 4.69) is 9.88 Å². The molecule has 5 aromatic rings. The van der Waals surface area contributed by atoms with Gasteiger partial charge in [-0.15, -0.1) is 0 Å². The Labute approximate surface area is 247 Å². The lowest BCUT2D eigenvalue weighted by molar-refractivity contribution is 0.0365. The number of morpholine rings is 1. The van der Waals surface area contributed by atoms with E-state index in [4.69, 9.17) is 30.8 Å². The van der Waals surface area contributed by atoms with Crippen LogP contribution >= 0.6 is 11.6 Å². The quantitative estimate of drug-likeness (QED) is 0.247. The Morgan fingerprint density at radius 2 is 1.81 bits per heavy atom. The van der Waals surface area contributed by atoms with E-state index in [9.17, 15) is 12.8 Å². The average molecular weight is 614 g/mol. The van der Waals surface area contributed by atoms with Crippen LogP contribution in [0.5, 0.6) is 11.6 Å². The van der Waals surface area contributed by atoms with E-state index in [1.807, 2.05) is 23.8 Å². The first kappa shape index (κ1) is 28.4. The lowest BCUT2D eigenvalue weighted by atomic mass is 10.2. The van der Waals surface area contributed by atoms with E-state index in [1.165, 1.54) is 26.4 Å². The van der Waals surface area contributed by atoms with Crippen molar-refractivity contribution in [1.29, 1.82) is 0 Å². The van der Waals surface area contributed by atoms with Crippen molar-refractivity contribution in [2.24, 2.45) is 0 Å². The first-order valence-corrected chi connectivity index (χ1v) is 15.1. The maximum Gasteiger partial charge on any atom is 0.269 e. The molecular weight excluding hydrogens is 585 g/mol. The second-order valence-electron chi connectivity index (χ2n) is 10.0. The maximum atomic E-state index is 14.6. The molecule has 1 aliphatic heterocycles. The van der Waals surface area contributed by atoms with E-state index < -0.39 is 15.8 Å². The van der Waals surface area contributed by atoms with Crippen molar-refractivity contribution in [3.63, 3.8) is 0 Å². The topological polar surface area (TPSA) is 101 Å². The predicted octanol–water partition coefficient (Wildman–Crippen LogP) is 4.74. The predicted molar refractivity (Wildman–Crippen MR) is 158 cm³/mol. The number of pyridine rings is 2. The number of fused-ring (bicyclic) bond motifs is 2. The van der Waals surface area contributed by atoms with Gasteiger partial charge in [0.25, 0.3) is 15.9 Å². The molecule has 0 radical (unpaired) electrons. The SMILES string of the molecule is COc1cc2c(nc1OC)c(-c1cc3c(Cl)c(F)cnc3n1S(=O)(=O)c1ccc(C)cc1)cn2CCN1CCOCC1. The number of benzene rings is 1. The Balaban J connectivity index is 1.61. The summed E-state index contributed by atoms with van der Waals surface area (Å²) in [5.41, 5.74) is 2.83. The van der Waals surface area contributed by atoms with Gasteiger partial charge in [0.15, 0.2) is 17.2 Å². The van der Waals surface area contributed by atoms with Crippen LogP contribution in [-0.4, -0.2) is 78.9 Å². The number of methoxy groups -OCH3 is 2. The number of hydrogen-bond acceptors (Lipinski definition) is 8. The van der Waals surface area contributed by atoms with Gasteiger partial charge in [-0.05, 0) is 25.1 Å². The molecule has 1 saturated heterocycles. The lowest BCUT2D eigenvalue weighted by Gasteiger charge is -2.26. The Morgan fingerprint density at radius 1 is 1.07 bits per heavy atom. The van der Waals surface area contributed by atoms with Crippen LogP contribution in [0.2, 0.25) is 5.02 Å². The van der Waals surface area contributed by atoms with Crippen molar-refractivity contribution >= 4 is 43.7 Å². The van der Waals surface area contributed by atoms with Crippen LogP contribution in [0.25, 0.3) is 33.3 Å². The molecule has 42 heavy (non-hydrogen) atoms. The third-order valence-electron chi connectivity index (χ3n) is 7.47. The third kappa shape index (κ3) is 4.87. The van der Waals surface area contributed by atoms with Gasteiger partial charge in [-0.1, -0.05) is 29.3 Å². The van der Waals surface area contributed by atoms with Gasteiger partial charge in [0.2, 0.25) is 0 Å². The Morgan fingerprint density at radius 3 is 2.50 bits per heavy atom. The zero-order chi connectivity index (χ0) is 29.6. The molecule has 10 nitrogen and oxygen atoms in total. The molecule has 6 rings (SSSR count). The second kappa shape index (κ2) is 11.2. The van der Waals surface area contributed by atoms with E-state index in [-0.39, 0.29) is 32.5 Å². The number of ether oxygens (including phenoxy) is 3. The molecule has 0 saturated carbocycles. The highest BCUT2D eigenvalue weighted by atomic mass is 35.5. The molecule has 1 aromatic carbocycles. The van der Waals surface area contributed by atoms with Crippen molar-refractivity contribution in [3.05, 3.63) is 65.2 Å². The van der Waals surface area contributed by atoms with Crippen molar-refractivity contribution in [2.75, 3.05) is 47.1 Å². The van der Waals surface area contributed by atoms with Gasteiger partial charge in [0.1, 0.15) is 5.52 Å². The van der Waals surface area contributed by atoms with Gasteiger partial charge in [-0.25, -0.2) is 26.7 Å². The summed E-state index contributed by atoms with van der Waals surface area (Å²) in [6.07, 6.45) is 2.77. The molecule has 4 aromatic heterocycles. The summed E-state index contributed by atoms with van der Waals surface area (Å²) in [6.45, 7) is 6.18. The Kier molecular flexibility index (Phi) is 7.56. The summed E-state index contributed by atoms with van der Waals surface area (Å²) in [6, 6.07) is 9.85. The highest BCUT2D eigenvalue weighted by Gasteiger charge is 2.29. The molecule has 0 amide bonds. The Hall–Kier alpha value is -3.71. The summed E-state index contributed by atoms with van der Waals surface area (Å²) >= 11 is 6.37.